The largest absolute Gasteiger partial charge is 0.489 e. The number of halogens is 2. The molecule has 1 aliphatic heterocycles. The summed E-state index contributed by atoms with van der Waals surface area (Å²) in [5, 5.41) is 7.33. The lowest BCUT2D eigenvalue weighted by Crippen LogP contribution is -2.33. The summed E-state index contributed by atoms with van der Waals surface area (Å²) in [5.41, 5.74) is 1.90. The molecule has 0 spiro atoms. The van der Waals surface area contributed by atoms with Crippen molar-refractivity contribution < 1.29 is 9.13 Å². The lowest BCUT2D eigenvalue weighted by atomic mass is 9.98. The fraction of sp³-hybridized carbons (Fsp3) is 0.400. The minimum Gasteiger partial charge on any atom is -0.489 e. The molecule has 3 nitrogen and oxygen atoms in total. The topological polar surface area (TPSA) is 33.3 Å². The quantitative estimate of drug-likeness (QED) is 0.776. The minimum absolute atomic E-state index is 0.324. The van der Waals surface area contributed by atoms with E-state index in [0.717, 1.165) is 49.0 Å². The first-order valence-electron chi connectivity index (χ1n) is 8.78. The fourth-order valence-corrected chi connectivity index (χ4v) is 3.30. The molecular weight excluding hydrogens is 339 g/mol. The van der Waals surface area contributed by atoms with Gasteiger partial charge in [-0.25, -0.2) is 4.39 Å². The van der Waals surface area contributed by atoms with Crippen LogP contribution in [0.15, 0.2) is 42.5 Å². The number of ether oxygens (including phenoxy) is 1. The van der Waals surface area contributed by atoms with Crippen LogP contribution in [0.2, 0.25) is 5.02 Å². The molecule has 0 atom stereocenters. The third-order valence-electron chi connectivity index (χ3n) is 4.58. The summed E-state index contributed by atoms with van der Waals surface area (Å²) in [6.45, 7) is 4.36. The molecule has 2 N–H and O–H groups in total. The van der Waals surface area contributed by atoms with E-state index in [0.29, 0.717) is 11.6 Å². The van der Waals surface area contributed by atoms with Gasteiger partial charge in [0, 0.05) is 17.7 Å². The Balaban J connectivity index is 1.54. The molecule has 0 aromatic heterocycles. The molecule has 1 heterocycles. The van der Waals surface area contributed by atoms with E-state index in [4.69, 9.17) is 16.3 Å². The summed E-state index contributed by atoms with van der Waals surface area (Å²) >= 11 is 6.07. The Morgan fingerprint density at radius 2 is 1.92 bits per heavy atom. The van der Waals surface area contributed by atoms with Crippen molar-refractivity contribution in [3.63, 3.8) is 0 Å². The van der Waals surface area contributed by atoms with Crippen LogP contribution in [-0.4, -0.2) is 19.6 Å². The van der Waals surface area contributed by atoms with E-state index in [1.54, 1.807) is 6.07 Å². The van der Waals surface area contributed by atoms with Crippen molar-refractivity contribution in [1.82, 2.24) is 10.6 Å². The van der Waals surface area contributed by atoms with Gasteiger partial charge in [-0.3, -0.25) is 0 Å². The summed E-state index contributed by atoms with van der Waals surface area (Å²) < 4.78 is 19.1. The highest BCUT2D eigenvalue weighted by atomic mass is 35.5. The molecule has 3 rings (SSSR count). The van der Waals surface area contributed by atoms with Crippen molar-refractivity contribution in [2.24, 2.45) is 5.92 Å². The van der Waals surface area contributed by atoms with Crippen molar-refractivity contribution in [3.05, 3.63) is 64.4 Å². The molecule has 0 amide bonds. The van der Waals surface area contributed by atoms with Crippen molar-refractivity contribution in [2.45, 2.75) is 26.0 Å². The number of benzene rings is 2. The van der Waals surface area contributed by atoms with E-state index in [9.17, 15) is 4.39 Å². The molecule has 134 valence electrons. The number of hydrogen-bond donors (Lipinski definition) is 2. The molecule has 5 heteroatoms. The smallest absolute Gasteiger partial charge is 0.124 e. The zero-order chi connectivity index (χ0) is 17.5. The molecule has 0 radical (unpaired) electrons. The number of piperidine rings is 1. The molecule has 0 aliphatic carbocycles. The van der Waals surface area contributed by atoms with Crippen LogP contribution in [0.5, 0.6) is 5.75 Å². The average Bonchev–Trinajstić information content (AvgIpc) is 2.63. The average molecular weight is 363 g/mol. The van der Waals surface area contributed by atoms with E-state index in [1.807, 2.05) is 18.2 Å². The van der Waals surface area contributed by atoms with Crippen LogP contribution in [0, 0.1) is 11.7 Å². The predicted molar refractivity (Wildman–Crippen MR) is 99.5 cm³/mol. The Bertz CT molecular complexity index is 689. The molecule has 1 aliphatic rings. The van der Waals surface area contributed by atoms with E-state index >= 15 is 0 Å². The first kappa shape index (κ1) is 18.2. The molecule has 1 fully saturated rings. The van der Waals surface area contributed by atoms with Gasteiger partial charge in [0.1, 0.15) is 18.2 Å². The van der Waals surface area contributed by atoms with Crippen molar-refractivity contribution >= 4 is 11.6 Å². The highest BCUT2D eigenvalue weighted by molar-refractivity contribution is 6.31. The predicted octanol–water partition coefficient (Wildman–Crippen LogP) is 4.15. The minimum atomic E-state index is -0.337. The molecule has 0 saturated carbocycles. The fourth-order valence-electron chi connectivity index (χ4n) is 3.08. The van der Waals surface area contributed by atoms with Gasteiger partial charge in [-0.15, -0.1) is 0 Å². The highest BCUT2D eigenvalue weighted by Gasteiger charge is 2.13. The van der Waals surface area contributed by atoms with Crippen molar-refractivity contribution in [1.29, 1.82) is 0 Å². The van der Waals surface area contributed by atoms with Gasteiger partial charge in [0.05, 0.1) is 5.02 Å². The SMILES string of the molecule is Fc1ccc(COc2ccccc2CNCC2CCNCC2)c(Cl)c1. The zero-order valence-electron chi connectivity index (χ0n) is 14.2. The van der Waals surface area contributed by atoms with Gasteiger partial charge in [-0.1, -0.05) is 35.9 Å². The van der Waals surface area contributed by atoms with Crippen LogP contribution in [0.4, 0.5) is 4.39 Å². The van der Waals surface area contributed by atoms with Gasteiger partial charge in [-0.2, -0.15) is 0 Å². The van der Waals surface area contributed by atoms with Crippen LogP contribution in [0.25, 0.3) is 0 Å². The molecule has 2 aromatic rings. The molecular formula is C20H24ClFN2O. The molecule has 0 unspecified atom stereocenters. The standard InChI is InChI=1S/C20H24ClFN2O/c21-19-11-18(22)6-5-17(19)14-25-20-4-2-1-3-16(20)13-24-12-15-7-9-23-10-8-15/h1-6,11,15,23-24H,7-10,12-14H2. The Morgan fingerprint density at radius 1 is 1.12 bits per heavy atom. The molecule has 2 aromatic carbocycles. The van der Waals surface area contributed by atoms with Crippen LogP contribution in [0.1, 0.15) is 24.0 Å². The van der Waals surface area contributed by atoms with Crippen molar-refractivity contribution in [2.75, 3.05) is 19.6 Å². The normalized spacial score (nSPS) is 15.3. The van der Waals surface area contributed by atoms with Gasteiger partial charge in [0.15, 0.2) is 0 Å². The van der Waals surface area contributed by atoms with E-state index < -0.39 is 0 Å². The molecule has 0 bridgehead atoms. The highest BCUT2D eigenvalue weighted by Crippen LogP contribution is 2.23. The first-order valence-corrected chi connectivity index (χ1v) is 9.16. The number of hydrogen-bond acceptors (Lipinski definition) is 3. The summed E-state index contributed by atoms with van der Waals surface area (Å²) in [6, 6.07) is 12.4. The van der Waals surface area contributed by atoms with E-state index in [2.05, 4.69) is 16.7 Å². The van der Waals surface area contributed by atoms with E-state index in [1.165, 1.54) is 25.0 Å². The second-order valence-electron chi connectivity index (χ2n) is 6.46. The second-order valence-corrected chi connectivity index (χ2v) is 6.86. The number of para-hydroxylation sites is 1. The van der Waals surface area contributed by atoms with Gasteiger partial charge in [0.2, 0.25) is 0 Å². The molecule has 25 heavy (non-hydrogen) atoms. The first-order chi connectivity index (χ1) is 12.2. The van der Waals surface area contributed by atoms with Crippen LogP contribution in [0.3, 0.4) is 0 Å². The lowest BCUT2D eigenvalue weighted by Gasteiger charge is -2.23. The molecule has 1 saturated heterocycles. The Hall–Kier alpha value is -1.62. The summed E-state index contributed by atoms with van der Waals surface area (Å²) in [5.74, 6) is 1.24. The Labute approximate surface area is 153 Å². The summed E-state index contributed by atoms with van der Waals surface area (Å²) in [6.07, 6.45) is 2.46. The number of rotatable bonds is 7. The maximum absolute atomic E-state index is 13.1. The van der Waals surface area contributed by atoms with Crippen LogP contribution in [-0.2, 0) is 13.2 Å². The second kappa shape index (κ2) is 9.18. The maximum Gasteiger partial charge on any atom is 0.124 e. The third kappa shape index (κ3) is 5.43. The van der Waals surface area contributed by atoms with Crippen LogP contribution < -0.4 is 15.4 Å². The lowest BCUT2D eigenvalue weighted by molar-refractivity contribution is 0.300. The maximum atomic E-state index is 13.1. The third-order valence-corrected chi connectivity index (χ3v) is 4.93. The van der Waals surface area contributed by atoms with Gasteiger partial charge >= 0.3 is 0 Å². The zero-order valence-corrected chi connectivity index (χ0v) is 15.0. The number of nitrogens with one attached hydrogen (secondary N) is 2. The Kier molecular flexibility index (Phi) is 6.68. The van der Waals surface area contributed by atoms with Gasteiger partial charge in [-0.05, 0) is 56.6 Å². The Morgan fingerprint density at radius 3 is 2.72 bits per heavy atom. The van der Waals surface area contributed by atoms with Crippen LogP contribution >= 0.6 is 11.6 Å². The summed E-state index contributed by atoms with van der Waals surface area (Å²) in [4.78, 5) is 0. The monoisotopic (exact) mass is 362 g/mol. The van der Waals surface area contributed by atoms with Crippen molar-refractivity contribution in [3.8, 4) is 5.75 Å². The van der Waals surface area contributed by atoms with Gasteiger partial charge in [0.25, 0.3) is 0 Å². The summed E-state index contributed by atoms with van der Waals surface area (Å²) in [7, 11) is 0. The van der Waals surface area contributed by atoms with Gasteiger partial charge < -0.3 is 15.4 Å². The van der Waals surface area contributed by atoms with E-state index in [-0.39, 0.29) is 5.82 Å².